The van der Waals surface area contributed by atoms with Crippen molar-refractivity contribution >= 4 is 0 Å². The van der Waals surface area contributed by atoms with E-state index >= 15 is 0 Å². The van der Waals surface area contributed by atoms with Crippen LogP contribution >= 0.6 is 0 Å². The van der Waals surface area contributed by atoms with Crippen molar-refractivity contribution in [1.82, 2.24) is 0 Å². The molecule has 4 atom stereocenters. The van der Waals surface area contributed by atoms with Crippen molar-refractivity contribution in [3.8, 4) is 0 Å². The molecule has 1 aliphatic heterocycles. The molecular weight excluding hydrogens is 272 g/mol. The summed E-state index contributed by atoms with van der Waals surface area (Å²) in [5.74, 6) is 1.56. The molecule has 0 unspecified atom stereocenters. The van der Waals surface area contributed by atoms with E-state index < -0.39 is 0 Å². The van der Waals surface area contributed by atoms with Crippen LogP contribution in [0.15, 0.2) is 0 Å². The van der Waals surface area contributed by atoms with E-state index in [2.05, 4.69) is 13.8 Å². The van der Waals surface area contributed by atoms with Gasteiger partial charge in [-0.05, 0) is 74.0 Å². The van der Waals surface area contributed by atoms with Crippen LogP contribution in [-0.2, 0) is 9.47 Å². The van der Waals surface area contributed by atoms with Gasteiger partial charge in [-0.2, -0.15) is 0 Å². The number of fused-ring (bicyclic) bond motifs is 5. The second-order valence-corrected chi connectivity index (χ2v) is 9.63. The van der Waals surface area contributed by atoms with Crippen LogP contribution in [0.5, 0.6) is 0 Å². The van der Waals surface area contributed by atoms with E-state index in [1.54, 1.807) is 0 Å². The van der Waals surface area contributed by atoms with Crippen LogP contribution < -0.4 is 0 Å². The Labute approximate surface area is 135 Å². The zero-order valence-corrected chi connectivity index (χ0v) is 14.5. The van der Waals surface area contributed by atoms with Crippen LogP contribution in [-0.4, -0.2) is 19.0 Å². The van der Waals surface area contributed by atoms with E-state index in [1.807, 2.05) is 0 Å². The van der Waals surface area contributed by atoms with E-state index in [-0.39, 0.29) is 11.2 Å². The first-order valence-electron chi connectivity index (χ1n) is 9.83. The predicted octanol–water partition coefficient (Wildman–Crippen LogP) is 4.92. The fourth-order valence-corrected chi connectivity index (χ4v) is 7.88. The summed E-state index contributed by atoms with van der Waals surface area (Å²) < 4.78 is 12.6. The lowest BCUT2D eigenvalue weighted by Gasteiger charge is -2.65. The van der Waals surface area contributed by atoms with Crippen molar-refractivity contribution in [3.05, 3.63) is 0 Å². The molecule has 0 radical (unpaired) electrons. The molecule has 0 bridgehead atoms. The summed E-state index contributed by atoms with van der Waals surface area (Å²) >= 11 is 0. The molecule has 1 heterocycles. The van der Waals surface area contributed by atoms with Gasteiger partial charge in [-0.3, -0.25) is 0 Å². The van der Waals surface area contributed by atoms with Gasteiger partial charge in [0.1, 0.15) is 0 Å². The second-order valence-electron chi connectivity index (χ2n) is 9.63. The highest BCUT2D eigenvalue weighted by molar-refractivity contribution is 5.16. The van der Waals surface area contributed by atoms with Crippen molar-refractivity contribution in [2.24, 2.45) is 28.1 Å². The molecule has 4 aliphatic carbocycles. The Morgan fingerprint density at radius 2 is 1.50 bits per heavy atom. The molecule has 2 nitrogen and oxygen atoms in total. The largest absolute Gasteiger partial charge is 0.347 e. The minimum Gasteiger partial charge on any atom is -0.347 e. The molecule has 124 valence electrons. The Balaban J connectivity index is 1.56. The monoisotopic (exact) mass is 304 g/mol. The summed E-state index contributed by atoms with van der Waals surface area (Å²) in [5, 5.41) is 0. The third kappa shape index (κ3) is 1.55. The summed E-state index contributed by atoms with van der Waals surface area (Å²) in [5.41, 5.74) is 1.56. The molecule has 2 spiro atoms. The van der Waals surface area contributed by atoms with Crippen LogP contribution in [0.3, 0.4) is 0 Å². The lowest BCUT2D eigenvalue weighted by molar-refractivity contribution is -0.304. The van der Waals surface area contributed by atoms with E-state index in [1.165, 1.54) is 57.8 Å². The zero-order chi connectivity index (χ0) is 15.1. The summed E-state index contributed by atoms with van der Waals surface area (Å²) in [6.07, 6.45) is 14.1. The molecule has 0 N–H and O–H groups in total. The molecule has 0 aromatic heterocycles. The third-order valence-corrected chi connectivity index (χ3v) is 8.96. The Morgan fingerprint density at radius 3 is 2.23 bits per heavy atom. The fraction of sp³-hybridized carbons (Fsp3) is 1.00. The molecule has 0 aromatic carbocycles. The van der Waals surface area contributed by atoms with E-state index in [4.69, 9.17) is 9.47 Å². The first-order chi connectivity index (χ1) is 10.5. The van der Waals surface area contributed by atoms with Gasteiger partial charge in [0.25, 0.3) is 0 Å². The van der Waals surface area contributed by atoms with Crippen LogP contribution in [0.1, 0.15) is 78.1 Å². The third-order valence-electron chi connectivity index (χ3n) is 8.96. The Bertz CT molecular complexity index is 476. The molecule has 1 saturated heterocycles. The van der Waals surface area contributed by atoms with Gasteiger partial charge in [-0.25, -0.2) is 0 Å². The molecule has 5 rings (SSSR count). The quantitative estimate of drug-likeness (QED) is 0.632. The minimum atomic E-state index is -0.238. The molecule has 2 heteroatoms. The highest BCUT2D eigenvalue weighted by Crippen LogP contribution is 2.74. The van der Waals surface area contributed by atoms with Crippen LogP contribution in [0, 0.1) is 28.1 Å². The zero-order valence-electron chi connectivity index (χ0n) is 14.5. The van der Waals surface area contributed by atoms with E-state index in [0.717, 1.165) is 36.9 Å². The average Bonchev–Trinajstić information content (AvgIpc) is 3.09. The first kappa shape index (κ1) is 14.3. The molecule has 5 aliphatic rings. The van der Waals surface area contributed by atoms with Crippen molar-refractivity contribution in [2.45, 2.75) is 83.8 Å². The topological polar surface area (TPSA) is 18.5 Å². The number of ether oxygens (including phenoxy) is 2. The second kappa shape index (κ2) is 4.30. The average molecular weight is 304 g/mol. The minimum absolute atomic E-state index is 0.238. The standard InChI is InChI=1S/C20H32O2/c1-17-7-4-8-19(11-12-19)16(17)6-10-18(2)15(17)5-3-9-20(18)21-13-14-22-20/h15-16H,3-14H2,1-2H3/t15-,16-,17-,18-/m1/s1. The summed E-state index contributed by atoms with van der Waals surface area (Å²) in [6.45, 7) is 6.81. The lowest BCUT2D eigenvalue weighted by atomic mass is 9.41. The molecule has 4 saturated carbocycles. The molecular formula is C20H32O2. The SMILES string of the molecule is C[C@]12CCCC3(CC3)[C@@H]1CC[C@]1(C)[C@@H]2CCCC12OCCO2. The van der Waals surface area contributed by atoms with E-state index in [0.29, 0.717) is 5.41 Å². The van der Waals surface area contributed by atoms with Crippen molar-refractivity contribution in [1.29, 1.82) is 0 Å². The van der Waals surface area contributed by atoms with Crippen molar-refractivity contribution in [3.63, 3.8) is 0 Å². The number of hydrogen-bond acceptors (Lipinski definition) is 2. The lowest BCUT2D eigenvalue weighted by Crippen LogP contribution is -2.63. The Kier molecular flexibility index (Phi) is 2.79. The maximum absolute atomic E-state index is 6.32. The normalized spacial score (nSPS) is 51.5. The Hall–Kier alpha value is -0.0800. The smallest absolute Gasteiger partial charge is 0.174 e. The molecule has 0 aromatic rings. The predicted molar refractivity (Wildman–Crippen MR) is 86.4 cm³/mol. The van der Waals surface area contributed by atoms with Gasteiger partial charge < -0.3 is 9.47 Å². The number of hydrogen-bond donors (Lipinski definition) is 0. The van der Waals surface area contributed by atoms with Crippen molar-refractivity contribution < 1.29 is 9.47 Å². The number of rotatable bonds is 0. The van der Waals surface area contributed by atoms with Crippen LogP contribution in [0.2, 0.25) is 0 Å². The highest BCUT2D eigenvalue weighted by Gasteiger charge is 2.69. The first-order valence-corrected chi connectivity index (χ1v) is 9.83. The van der Waals surface area contributed by atoms with Crippen LogP contribution in [0.4, 0.5) is 0 Å². The summed E-state index contributed by atoms with van der Waals surface area (Å²) in [6, 6.07) is 0. The maximum Gasteiger partial charge on any atom is 0.174 e. The molecule has 22 heavy (non-hydrogen) atoms. The molecule has 0 amide bonds. The maximum atomic E-state index is 6.32. The highest BCUT2D eigenvalue weighted by atomic mass is 16.7. The van der Waals surface area contributed by atoms with Gasteiger partial charge in [-0.1, -0.05) is 20.3 Å². The summed E-state index contributed by atoms with van der Waals surface area (Å²) in [4.78, 5) is 0. The van der Waals surface area contributed by atoms with Crippen LogP contribution in [0.25, 0.3) is 0 Å². The summed E-state index contributed by atoms with van der Waals surface area (Å²) in [7, 11) is 0. The van der Waals surface area contributed by atoms with Gasteiger partial charge >= 0.3 is 0 Å². The van der Waals surface area contributed by atoms with Gasteiger partial charge in [0.05, 0.1) is 13.2 Å². The molecule has 5 fully saturated rings. The van der Waals surface area contributed by atoms with Gasteiger partial charge in [-0.15, -0.1) is 0 Å². The van der Waals surface area contributed by atoms with Gasteiger partial charge in [0.15, 0.2) is 5.79 Å². The van der Waals surface area contributed by atoms with Gasteiger partial charge in [0, 0.05) is 11.8 Å². The fourth-order valence-electron chi connectivity index (χ4n) is 7.88. The Morgan fingerprint density at radius 1 is 0.727 bits per heavy atom. The van der Waals surface area contributed by atoms with E-state index in [9.17, 15) is 0 Å². The van der Waals surface area contributed by atoms with Gasteiger partial charge in [0.2, 0.25) is 0 Å². The van der Waals surface area contributed by atoms with Crippen molar-refractivity contribution in [2.75, 3.05) is 13.2 Å².